The third-order valence-electron chi connectivity index (χ3n) is 12.9. The largest absolute Gasteiger partial charge is 0.480 e. The lowest BCUT2D eigenvalue weighted by atomic mass is 9.45. The van der Waals surface area contributed by atoms with Crippen LogP contribution in [-0.2, 0) is 19.0 Å². The van der Waals surface area contributed by atoms with Gasteiger partial charge >= 0.3 is 5.97 Å². The highest BCUT2D eigenvalue weighted by atomic mass is 16.7. The molecule has 5 aliphatic rings. The zero-order valence-electron chi connectivity index (χ0n) is 28.0. The van der Waals surface area contributed by atoms with E-state index in [9.17, 15) is 30.3 Å². The molecule has 1 saturated heterocycles. The maximum atomic E-state index is 13.5. The van der Waals surface area contributed by atoms with Crippen molar-refractivity contribution in [3.8, 4) is 0 Å². The fraction of sp³-hybridized carbons (Fsp3) is 0.806. The molecule has 0 aromatic heterocycles. The van der Waals surface area contributed by atoms with E-state index < -0.39 is 66.3 Å². The Balaban J connectivity index is 1.41. The smallest absolute Gasteiger partial charge is 0.317 e. The molecule has 2 saturated carbocycles. The van der Waals surface area contributed by atoms with E-state index in [0.717, 1.165) is 43.3 Å². The third kappa shape index (κ3) is 5.29. The van der Waals surface area contributed by atoms with Crippen molar-refractivity contribution in [3.05, 3.63) is 34.9 Å². The van der Waals surface area contributed by atoms with E-state index in [1.165, 1.54) is 18.3 Å². The molecule has 9 heteroatoms. The first-order valence-corrected chi connectivity index (χ1v) is 17.0. The molecule has 5 N–H and O–H groups in total. The van der Waals surface area contributed by atoms with E-state index in [4.69, 9.17) is 14.2 Å². The fourth-order valence-corrected chi connectivity index (χ4v) is 10.6. The van der Waals surface area contributed by atoms with Crippen LogP contribution < -0.4 is 0 Å². The number of carboxylic acids is 1. The van der Waals surface area contributed by atoms with Crippen molar-refractivity contribution < 1.29 is 44.5 Å². The molecular weight excluding hydrogens is 576 g/mol. The molecule has 13 atom stereocenters. The Kier molecular flexibility index (Phi) is 9.87. The third-order valence-corrected chi connectivity index (χ3v) is 12.9. The predicted molar refractivity (Wildman–Crippen MR) is 169 cm³/mol. The Hall–Kier alpha value is -1.59. The molecule has 1 aliphatic heterocycles. The van der Waals surface area contributed by atoms with Gasteiger partial charge in [0, 0.05) is 7.11 Å². The van der Waals surface area contributed by atoms with Gasteiger partial charge in [0.1, 0.15) is 29.8 Å². The summed E-state index contributed by atoms with van der Waals surface area (Å²) in [5.74, 6) is -0.445. The quantitative estimate of drug-likeness (QED) is 0.232. The minimum atomic E-state index is -1.35. The van der Waals surface area contributed by atoms with Gasteiger partial charge in [-0.3, -0.25) is 4.79 Å². The molecule has 0 amide bonds. The number of rotatable bonds is 9. The van der Waals surface area contributed by atoms with Gasteiger partial charge in [0.05, 0.1) is 18.8 Å². The Morgan fingerprint density at radius 2 is 1.82 bits per heavy atom. The number of carboxylic acid groups (broad SMARTS) is 1. The second-order valence-corrected chi connectivity index (χ2v) is 15.3. The van der Waals surface area contributed by atoms with Crippen molar-refractivity contribution in [1.82, 2.24) is 0 Å². The minimum absolute atomic E-state index is 0.0357. The van der Waals surface area contributed by atoms with Crippen molar-refractivity contribution in [3.63, 3.8) is 0 Å². The molecule has 0 aromatic carbocycles. The van der Waals surface area contributed by atoms with E-state index in [-0.39, 0.29) is 17.3 Å². The predicted octanol–water partition coefficient (Wildman–Crippen LogP) is 4.52. The molecule has 5 rings (SSSR count). The number of aliphatic hydroxyl groups excluding tert-OH is 4. The minimum Gasteiger partial charge on any atom is -0.480 e. The van der Waals surface area contributed by atoms with E-state index in [1.54, 1.807) is 0 Å². The normalized spacial score (nSPS) is 45.4. The maximum absolute atomic E-state index is 13.5. The van der Waals surface area contributed by atoms with Crippen LogP contribution >= 0.6 is 0 Å². The molecule has 0 bridgehead atoms. The Labute approximate surface area is 268 Å². The lowest BCUT2D eigenvalue weighted by Gasteiger charge is -2.59. The zero-order valence-corrected chi connectivity index (χ0v) is 28.0. The van der Waals surface area contributed by atoms with E-state index in [2.05, 4.69) is 47.3 Å². The van der Waals surface area contributed by atoms with Gasteiger partial charge in [-0.25, -0.2) is 0 Å². The lowest BCUT2D eigenvalue weighted by molar-refractivity contribution is -0.313. The van der Waals surface area contributed by atoms with Crippen molar-refractivity contribution in [1.29, 1.82) is 0 Å². The molecular formula is C36H56O9. The van der Waals surface area contributed by atoms with Crippen LogP contribution in [0.15, 0.2) is 34.9 Å². The first-order chi connectivity index (χ1) is 21.2. The zero-order chi connectivity index (χ0) is 33.1. The Morgan fingerprint density at radius 1 is 1.11 bits per heavy atom. The summed E-state index contributed by atoms with van der Waals surface area (Å²) in [6.07, 6.45) is 1.96. The van der Waals surface area contributed by atoms with Crippen LogP contribution in [0, 0.1) is 34.0 Å². The SMILES string of the molecule is C=C1[C@@H](O[C@H]2O[C@H](CO)[C@@H](OC)[C@H](O)[C@H]2O)CC[C@]2(C)C3=C(CC[C@@H]12)[C@]1(C(=O)O)[C@H](O)C[C@H]([C@H](C)CCC=C(C)C)[C@@]1(C)CC3. The van der Waals surface area contributed by atoms with Crippen LogP contribution in [0.1, 0.15) is 92.4 Å². The summed E-state index contributed by atoms with van der Waals surface area (Å²) in [5.41, 5.74) is 2.14. The molecule has 0 unspecified atom stereocenters. The van der Waals surface area contributed by atoms with Crippen molar-refractivity contribution >= 4 is 5.97 Å². The summed E-state index contributed by atoms with van der Waals surface area (Å²) in [4.78, 5) is 13.5. The Bertz CT molecular complexity index is 1200. The number of carbonyl (C=O) groups is 1. The summed E-state index contributed by atoms with van der Waals surface area (Å²) < 4.78 is 17.4. The van der Waals surface area contributed by atoms with Crippen molar-refractivity contribution in [2.45, 2.75) is 135 Å². The van der Waals surface area contributed by atoms with Crippen LogP contribution in [0.2, 0.25) is 0 Å². The van der Waals surface area contributed by atoms with Gasteiger partial charge in [-0.2, -0.15) is 0 Å². The highest BCUT2D eigenvalue weighted by Gasteiger charge is 2.71. The number of aliphatic carboxylic acids is 1. The van der Waals surface area contributed by atoms with Crippen molar-refractivity contribution in [2.75, 3.05) is 13.7 Å². The number of aliphatic hydroxyl groups is 4. The van der Waals surface area contributed by atoms with Gasteiger partial charge in [0.15, 0.2) is 6.29 Å². The second kappa shape index (κ2) is 12.8. The highest BCUT2D eigenvalue weighted by Crippen LogP contribution is 2.72. The number of allylic oxidation sites excluding steroid dienone is 3. The number of methoxy groups -OCH3 is 1. The van der Waals surface area contributed by atoms with Gasteiger partial charge in [-0.05, 0) is 106 Å². The van der Waals surface area contributed by atoms with Crippen LogP contribution in [0.25, 0.3) is 0 Å². The monoisotopic (exact) mass is 632 g/mol. The summed E-state index contributed by atoms with van der Waals surface area (Å²) in [6, 6.07) is 0. The molecule has 3 fully saturated rings. The van der Waals surface area contributed by atoms with Gasteiger partial charge in [0.2, 0.25) is 0 Å². The number of hydrogen-bond donors (Lipinski definition) is 5. The molecule has 45 heavy (non-hydrogen) atoms. The van der Waals surface area contributed by atoms with Crippen LogP contribution in [0.4, 0.5) is 0 Å². The molecule has 4 aliphatic carbocycles. The first-order valence-electron chi connectivity index (χ1n) is 17.0. The first kappa shape index (κ1) is 34.7. The highest BCUT2D eigenvalue weighted by molar-refractivity contribution is 5.83. The lowest BCUT2D eigenvalue weighted by Crippen LogP contribution is -2.61. The molecule has 0 spiro atoms. The van der Waals surface area contributed by atoms with Gasteiger partial charge in [-0.1, -0.05) is 50.1 Å². The molecule has 0 aromatic rings. The molecule has 254 valence electrons. The average molecular weight is 633 g/mol. The standard InChI is InChI=1S/C36H56O9/c1-19(2)9-8-10-20(3)25-17-28(38)36(33(41)42)24-12-11-22-21(4)26(14-15-34(22,5)23(24)13-16-35(25,36)6)44-32-30(40)29(39)31(43-7)27(18-37)45-32/h9,20,22,25-32,37-40H,4,8,10-18H2,1-3,5-7H3,(H,41,42)/t20-,22+,25-,26+,27-,28-,29-,30-,31-,32+,34+,35-,36-/m1/s1. The van der Waals surface area contributed by atoms with E-state index >= 15 is 0 Å². The molecule has 0 radical (unpaired) electrons. The summed E-state index contributed by atoms with van der Waals surface area (Å²) >= 11 is 0. The summed E-state index contributed by atoms with van der Waals surface area (Å²) in [6.45, 7) is 14.9. The number of hydrogen-bond acceptors (Lipinski definition) is 8. The summed E-state index contributed by atoms with van der Waals surface area (Å²) in [5, 5.41) is 54.1. The number of fused-ring (bicyclic) bond motifs is 4. The van der Waals surface area contributed by atoms with Crippen LogP contribution in [-0.4, -0.2) is 88.1 Å². The van der Waals surface area contributed by atoms with Gasteiger partial charge < -0.3 is 39.7 Å². The maximum Gasteiger partial charge on any atom is 0.317 e. The van der Waals surface area contributed by atoms with Crippen molar-refractivity contribution in [2.24, 2.45) is 34.0 Å². The van der Waals surface area contributed by atoms with Gasteiger partial charge in [0.25, 0.3) is 0 Å². The van der Waals surface area contributed by atoms with Gasteiger partial charge in [-0.15, -0.1) is 0 Å². The average Bonchev–Trinajstić information content (AvgIpc) is 3.24. The van der Waals surface area contributed by atoms with Crippen LogP contribution in [0.5, 0.6) is 0 Å². The summed E-state index contributed by atoms with van der Waals surface area (Å²) in [7, 11) is 1.39. The molecule has 9 nitrogen and oxygen atoms in total. The molecule has 1 heterocycles. The topological polar surface area (TPSA) is 146 Å². The second-order valence-electron chi connectivity index (χ2n) is 15.3. The van der Waals surface area contributed by atoms with E-state index in [0.29, 0.717) is 31.6 Å². The van der Waals surface area contributed by atoms with Crippen LogP contribution in [0.3, 0.4) is 0 Å². The Morgan fingerprint density at radius 3 is 2.44 bits per heavy atom. The number of ether oxygens (including phenoxy) is 3. The fourth-order valence-electron chi connectivity index (χ4n) is 10.6. The van der Waals surface area contributed by atoms with E-state index in [1.807, 2.05) is 0 Å².